The SMILES string of the molecule is O=C(CSc1ccc(Cl)cc1)N/N=C/c1cccc(Cl)c1. The van der Waals surface area contributed by atoms with E-state index in [-0.39, 0.29) is 11.7 Å². The summed E-state index contributed by atoms with van der Waals surface area (Å²) in [6.45, 7) is 0. The molecule has 0 unspecified atom stereocenters. The van der Waals surface area contributed by atoms with Crippen molar-refractivity contribution in [2.24, 2.45) is 5.10 Å². The van der Waals surface area contributed by atoms with Crippen molar-refractivity contribution in [2.75, 3.05) is 5.75 Å². The van der Waals surface area contributed by atoms with Crippen LogP contribution in [0.25, 0.3) is 0 Å². The number of benzene rings is 2. The average molecular weight is 339 g/mol. The lowest BCUT2D eigenvalue weighted by molar-refractivity contribution is -0.118. The van der Waals surface area contributed by atoms with Crippen molar-refractivity contribution < 1.29 is 4.79 Å². The number of amides is 1. The molecule has 6 heteroatoms. The Bertz CT molecular complexity index is 644. The highest BCUT2D eigenvalue weighted by Crippen LogP contribution is 2.19. The lowest BCUT2D eigenvalue weighted by Crippen LogP contribution is -2.19. The molecule has 0 saturated carbocycles. The molecule has 0 aliphatic heterocycles. The standard InChI is InChI=1S/C15H12Cl2N2OS/c16-12-4-6-14(7-5-12)21-10-15(20)19-18-9-11-2-1-3-13(17)8-11/h1-9H,10H2,(H,19,20)/b18-9+. The molecule has 0 heterocycles. The second kappa shape index (κ2) is 8.08. The summed E-state index contributed by atoms with van der Waals surface area (Å²) < 4.78 is 0. The number of hydrazone groups is 1. The number of carbonyl (C=O) groups is 1. The quantitative estimate of drug-likeness (QED) is 0.503. The normalized spacial score (nSPS) is 10.8. The lowest BCUT2D eigenvalue weighted by atomic mass is 10.2. The van der Waals surface area contributed by atoms with Gasteiger partial charge in [0.15, 0.2) is 0 Å². The molecule has 0 aliphatic rings. The molecular weight excluding hydrogens is 327 g/mol. The predicted molar refractivity (Wildman–Crippen MR) is 89.4 cm³/mol. The van der Waals surface area contributed by atoms with E-state index in [2.05, 4.69) is 10.5 Å². The van der Waals surface area contributed by atoms with Crippen molar-refractivity contribution in [3.8, 4) is 0 Å². The van der Waals surface area contributed by atoms with Crippen molar-refractivity contribution in [3.63, 3.8) is 0 Å². The van der Waals surface area contributed by atoms with Gasteiger partial charge in [0.05, 0.1) is 12.0 Å². The molecule has 0 saturated heterocycles. The van der Waals surface area contributed by atoms with E-state index in [1.807, 2.05) is 24.3 Å². The van der Waals surface area contributed by atoms with Gasteiger partial charge in [-0.3, -0.25) is 4.79 Å². The third kappa shape index (κ3) is 5.79. The monoisotopic (exact) mass is 338 g/mol. The number of hydrogen-bond acceptors (Lipinski definition) is 3. The van der Waals surface area contributed by atoms with Gasteiger partial charge in [-0.1, -0.05) is 35.3 Å². The van der Waals surface area contributed by atoms with Crippen LogP contribution in [0.3, 0.4) is 0 Å². The average Bonchev–Trinajstić information content (AvgIpc) is 2.47. The first kappa shape index (κ1) is 15.9. The van der Waals surface area contributed by atoms with Crippen LogP contribution in [-0.2, 0) is 4.79 Å². The molecule has 3 nitrogen and oxygen atoms in total. The number of carbonyl (C=O) groups excluding carboxylic acids is 1. The van der Waals surface area contributed by atoms with Crippen LogP contribution in [0.2, 0.25) is 10.0 Å². The van der Waals surface area contributed by atoms with Crippen LogP contribution >= 0.6 is 35.0 Å². The lowest BCUT2D eigenvalue weighted by Gasteiger charge is -2.01. The van der Waals surface area contributed by atoms with Crippen LogP contribution in [-0.4, -0.2) is 17.9 Å². The number of rotatable bonds is 5. The molecule has 0 spiro atoms. The molecule has 2 rings (SSSR count). The summed E-state index contributed by atoms with van der Waals surface area (Å²) in [6.07, 6.45) is 1.55. The van der Waals surface area contributed by atoms with Gasteiger partial charge in [-0.15, -0.1) is 11.8 Å². The molecule has 108 valence electrons. The topological polar surface area (TPSA) is 41.5 Å². The van der Waals surface area contributed by atoms with E-state index in [9.17, 15) is 4.79 Å². The Labute approximate surface area is 137 Å². The van der Waals surface area contributed by atoms with Gasteiger partial charge in [-0.05, 0) is 42.0 Å². The zero-order chi connectivity index (χ0) is 15.1. The smallest absolute Gasteiger partial charge is 0.250 e. The minimum absolute atomic E-state index is 0.173. The maximum absolute atomic E-state index is 11.6. The van der Waals surface area contributed by atoms with Crippen LogP contribution in [0.5, 0.6) is 0 Å². The second-order valence-corrected chi connectivity index (χ2v) is 6.01. The third-order valence-electron chi connectivity index (χ3n) is 2.44. The maximum atomic E-state index is 11.6. The first-order chi connectivity index (χ1) is 10.1. The minimum atomic E-state index is -0.173. The molecule has 0 fully saturated rings. The van der Waals surface area contributed by atoms with Gasteiger partial charge in [0, 0.05) is 14.9 Å². The van der Waals surface area contributed by atoms with Crippen LogP contribution in [0, 0.1) is 0 Å². The zero-order valence-corrected chi connectivity index (χ0v) is 13.3. The molecule has 2 aromatic rings. The van der Waals surface area contributed by atoms with Gasteiger partial charge >= 0.3 is 0 Å². The Hall–Kier alpha value is -1.49. The van der Waals surface area contributed by atoms with E-state index >= 15 is 0 Å². The number of hydrogen-bond donors (Lipinski definition) is 1. The highest BCUT2D eigenvalue weighted by atomic mass is 35.5. The molecular formula is C15H12Cl2N2OS. The molecule has 0 aliphatic carbocycles. The van der Waals surface area contributed by atoms with Crippen LogP contribution < -0.4 is 5.43 Å². The van der Waals surface area contributed by atoms with Crippen molar-refractivity contribution in [1.82, 2.24) is 5.43 Å². The van der Waals surface area contributed by atoms with Crippen molar-refractivity contribution in [3.05, 3.63) is 64.1 Å². The predicted octanol–water partition coefficient (Wildman–Crippen LogP) is 4.24. The van der Waals surface area contributed by atoms with Gasteiger partial charge in [-0.2, -0.15) is 5.10 Å². The highest BCUT2D eigenvalue weighted by molar-refractivity contribution is 8.00. The molecule has 21 heavy (non-hydrogen) atoms. The zero-order valence-electron chi connectivity index (χ0n) is 10.9. The van der Waals surface area contributed by atoms with Crippen molar-refractivity contribution in [1.29, 1.82) is 0 Å². The van der Waals surface area contributed by atoms with Crippen LogP contribution in [0.1, 0.15) is 5.56 Å². The van der Waals surface area contributed by atoms with Crippen molar-refractivity contribution in [2.45, 2.75) is 4.90 Å². The molecule has 0 bridgehead atoms. The van der Waals surface area contributed by atoms with Gasteiger partial charge < -0.3 is 0 Å². The molecule has 1 N–H and O–H groups in total. The van der Waals surface area contributed by atoms with Gasteiger partial charge in [0.25, 0.3) is 0 Å². The summed E-state index contributed by atoms with van der Waals surface area (Å²) >= 11 is 13.1. The maximum Gasteiger partial charge on any atom is 0.250 e. The number of nitrogens with zero attached hydrogens (tertiary/aromatic N) is 1. The van der Waals surface area contributed by atoms with E-state index in [0.29, 0.717) is 10.0 Å². The fraction of sp³-hybridized carbons (Fsp3) is 0.0667. The first-order valence-electron chi connectivity index (χ1n) is 6.09. The summed E-state index contributed by atoms with van der Waals surface area (Å²) in [5, 5.41) is 5.20. The summed E-state index contributed by atoms with van der Waals surface area (Å²) in [7, 11) is 0. The molecule has 0 atom stereocenters. The third-order valence-corrected chi connectivity index (χ3v) is 3.93. The Morgan fingerprint density at radius 2 is 1.90 bits per heavy atom. The van der Waals surface area contributed by atoms with Crippen LogP contribution in [0.15, 0.2) is 58.5 Å². The van der Waals surface area contributed by atoms with E-state index in [1.54, 1.807) is 30.5 Å². The first-order valence-corrected chi connectivity index (χ1v) is 7.83. The van der Waals surface area contributed by atoms with E-state index in [0.717, 1.165) is 10.5 Å². The Kier molecular flexibility index (Phi) is 6.11. The van der Waals surface area contributed by atoms with E-state index in [1.165, 1.54) is 11.8 Å². The Balaban J connectivity index is 1.78. The summed E-state index contributed by atoms with van der Waals surface area (Å²) in [5.74, 6) is 0.113. The number of nitrogens with one attached hydrogen (secondary N) is 1. The second-order valence-electron chi connectivity index (χ2n) is 4.09. The Morgan fingerprint density at radius 3 is 2.62 bits per heavy atom. The minimum Gasteiger partial charge on any atom is -0.272 e. The fourth-order valence-electron chi connectivity index (χ4n) is 1.48. The van der Waals surface area contributed by atoms with Gasteiger partial charge in [0.2, 0.25) is 5.91 Å². The van der Waals surface area contributed by atoms with Crippen LogP contribution in [0.4, 0.5) is 0 Å². The fourth-order valence-corrected chi connectivity index (χ4v) is 2.49. The summed E-state index contributed by atoms with van der Waals surface area (Å²) in [4.78, 5) is 12.6. The summed E-state index contributed by atoms with van der Waals surface area (Å²) in [6, 6.07) is 14.5. The molecule has 0 aromatic heterocycles. The molecule has 2 aromatic carbocycles. The van der Waals surface area contributed by atoms with E-state index < -0.39 is 0 Å². The highest BCUT2D eigenvalue weighted by Gasteiger charge is 2.01. The number of thioether (sulfide) groups is 1. The largest absolute Gasteiger partial charge is 0.272 e. The van der Waals surface area contributed by atoms with Gasteiger partial charge in [0.1, 0.15) is 0 Å². The van der Waals surface area contributed by atoms with Crippen molar-refractivity contribution >= 4 is 47.1 Å². The molecule has 0 radical (unpaired) electrons. The number of halogens is 2. The summed E-state index contributed by atoms with van der Waals surface area (Å²) in [5.41, 5.74) is 3.30. The molecule has 1 amide bonds. The van der Waals surface area contributed by atoms with Gasteiger partial charge in [-0.25, -0.2) is 5.43 Å². The van der Waals surface area contributed by atoms with E-state index in [4.69, 9.17) is 23.2 Å². The Morgan fingerprint density at radius 1 is 1.14 bits per heavy atom.